The first kappa shape index (κ1) is 21.5. The van der Waals surface area contributed by atoms with Gasteiger partial charge in [0.15, 0.2) is 0 Å². The lowest BCUT2D eigenvalue weighted by Crippen LogP contribution is -2.61. The van der Waals surface area contributed by atoms with Gasteiger partial charge >= 0.3 is 5.97 Å². The molecule has 0 spiro atoms. The Morgan fingerprint density at radius 1 is 1.00 bits per heavy atom. The first-order valence-electron chi connectivity index (χ1n) is 11.7. The van der Waals surface area contributed by atoms with E-state index in [9.17, 15) is 15.0 Å². The molecule has 3 nitrogen and oxygen atoms in total. The maximum Gasteiger partial charge on any atom is 0.306 e. The Labute approximate surface area is 173 Å². The topological polar surface area (TPSA) is 57.5 Å². The molecule has 0 amide bonds. The molecule has 0 aromatic carbocycles. The normalized spacial score (nSPS) is 50.7. The van der Waals surface area contributed by atoms with Crippen molar-refractivity contribution in [3.05, 3.63) is 0 Å². The van der Waals surface area contributed by atoms with Crippen LogP contribution in [0, 0.1) is 52.3 Å². The molecule has 4 saturated carbocycles. The van der Waals surface area contributed by atoms with Gasteiger partial charge in [-0.1, -0.05) is 27.7 Å². The smallest absolute Gasteiger partial charge is 0.306 e. The van der Waals surface area contributed by atoms with Gasteiger partial charge in [0, 0.05) is 12.3 Å². The van der Waals surface area contributed by atoms with E-state index in [0.29, 0.717) is 6.42 Å². The molecule has 0 aliphatic heterocycles. The lowest BCUT2D eigenvalue weighted by molar-refractivity contribution is -0.238. The molecular formula is C24H38F2O3. The summed E-state index contributed by atoms with van der Waals surface area (Å²) in [6.07, 6.45) is 5.03. The van der Waals surface area contributed by atoms with Crippen LogP contribution in [0.5, 0.6) is 0 Å². The highest BCUT2D eigenvalue weighted by atomic mass is 19.3. The summed E-state index contributed by atoms with van der Waals surface area (Å²) in [5, 5.41) is 19.6. The van der Waals surface area contributed by atoms with E-state index in [1.807, 2.05) is 6.92 Å². The van der Waals surface area contributed by atoms with Crippen molar-refractivity contribution in [2.24, 2.45) is 52.3 Å². The van der Waals surface area contributed by atoms with Crippen LogP contribution in [0.15, 0.2) is 0 Å². The van der Waals surface area contributed by atoms with Gasteiger partial charge in [0.1, 0.15) is 0 Å². The van der Waals surface area contributed by atoms with Crippen molar-refractivity contribution in [1.82, 2.24) is 0 Å². The monoisotopic (exact) mass is 412 g/mol. The van der Waals surface area contributed by atoms with Gasteiger partial charge in [-0.2, -0.15) is 0 Å². The number of alkyl halides is 2. The molecule has 4 rings (SSSR count). The minimum atomic E-state index is -2.69. The van der Waals surface area contributed by atoms with Crippen LogP contribution in [0.2, 0.25) is 0 Å². The fourth-order valence-corrected chi connectivity index (χ4v) is 8.61. The van der Waals surface area contributed by atoms with E-state index in [0.717, 1.165) is 38.5 Å². The highest BCUT2D eigenvalue weighted by Crippen LogP contribution is 2.71. The van der Waals surface area contributed by atoms with Gasteiger partial charge in [0.2, 0.25) is 0 Å². The molecule has 0 heterocycles. The summed E-state index contributed by atoms with van der Waals surface area (Å²) in [5.41, 5.74) is -0.282. The van der Waals surface area contributed by atoms with Gasteiger partial charge in [-0.3, -0.25) is 4.79 Å². The number of aliphatic hydroxyl groups is 1. The Morgan fingerprint density at radius 2 is 1.62 bits per heavy atom. The Hall–Kier alpha value is -0.710. The maximum absolute atomic E-state index is 15.7. The van der Waals surface area contributed by atoms with Gasteiger partial charge in [-0.05, 0) is 85.4 Å². The summed E-state index contributed by atoms with van der Waals surface area (Å²) < 4.78 is 31.3. The molecule has 0 saturated heterocycles. The zero-order chi connectivity index (χ0) is 21.4. The quantitative estimate of drug-likeness (QED) is 0.634. The maximum atomic E-state index is 15.7. The number of halogens is 2. The minimum absolute atomic E-state index is 0.00410. The second-order valence-electron chi connectivity index (χ2n) is 11.5. The number of carboxylic acid groups (broad SMARTS) is 1. The van der Waals surface area contributed by atoms with Crippen molar-refractivity contribution < 1.29 is 23.8 Å². The SMILES string of the molecule is CC(C(=O)O)[C@@H](C)[C@H]1CCC2C3C(CC[C@@]21C)[C@@]1(C)CC[C@@H](O)C[C@H]1CC3(F)F. The molecule has 0 bridgehead atoms. The standard InChI is InChI=1S/C24H38F2O3/c1-13(14(2)21(28)29)17-5-6-18-20-19(8-10-23(17,18)4)22(3)9-7-16(27)11-15(22)12-24(20,25)26/h13-20,27H,5-12H2,1-4H3,(H,28,29)/t13-,14?,15+,16-,17-,18?,19?,20?,22+,23-/m1/s1. The van der Waals surface area contributed by atoms with Crippen LogP contribution in [0.3, 0.4) is 0 Å². The number of hydrogen-bond acceptors (Lipinski definition) is 2. The van der Waals surface area contributed by atoms with Gasteiger partial charge in [0.05, 0.1) is 12.0 Å². The molecule has 4 unspecified atom stereocenters. The van der Waals surface area contributed by atoms with Gasteiger partial charge in [-0.15, -0.1) is 0 Å². The van der Waals surface area contributed by atoms with Crippen LogP contribution in [-0.2, 0) is 4.79 Å². The summed E-state index contributed by atoms with van der Waals surface area (Å²) in [5.74, 6) is -4.38. The fourth-order valence-electron chi connectivity index (χ4n) is 8.61. The molecular weight excluding hydrogens is 374 g/mol. The molecule has 4 aliphatic rings. The van der Waals surface area contributed by atoms with E-state index in [4.69, 9.17) is 0 Å². The average molecular weight is 413 g/mol. The third kappa shape index (κ3) is 3.08. The van der Waals surface area contributed by atoms with Crippen molar-refractivity contribution in [3.8, 4) is 0 Å². The number of fused-ring (bicyclic) bond motifs is 5. The summed E-state index contributed by atoms with van der Waals surface area (Å²) in [6.45, 7) is 8.19. The molecule has 29 heavy (non-hydrogen) atoms. The van der Waals surface area contributed by atoms with Gasteiger partial charge in [-0.25, -0.2) is 8.78 Å². The Bertz CT molecular complexity index is 667. The van der Waals surface area contributed by atoms with Crippen molar-refractivity contribution in [2.75, 3.05) is 0 Å². The Kier molecular flexibility index (Phi) is 5.12. The molecule has 166 valence electrons. The van der Waals surface area contributed by atoms with Crippen molar-refractivity contribution in [1.29, 1.82) is 0 Å². The number of rotatable bonds is 3. The predicted octanol–water partition coefficient (Wildman–Crippen LogP) is 5.61. The van der Waals surface area contributed by atoms with Crippen LogP contribution in [0.25, 0.3) is 0 Å². The van der Waals surface area contributed by atoms with Crippen LogP contribution in [0.1, 0.15) is 79.1 Å². The summed E-state index contributed by atoms with van der Waals surface area (Å²) in [6, 6.07) is 0. The van der Waals surface area contributed by atoms with Crippen LogP contribution in [-0.4, -0.2) is 28.2 Å². The average Bonchev–Trinajstić information content (AvgIpc) is 2.98. The minimum Gasteiger partial charge on any atom is -0.481 e. The second kappa shape index (κ2) is 6.90. The largest absolute Gasteiger partial charge is 0.481 e. The lowest BCUT2D eigenvalue weighted by Gasteiger charge is -2.63. The number of aliphatic hydroxyl groups excluding tert-OH is 1. The molecule has 5 heteroatoms. The van der Waals surface area contributed by atoms with Crippen molar-refractivity contribution in [2.45, 2.75) is 91.1 Å². The third-order valence-corrected chi connectivity index (χ3v) is 10.5. The first-order chi connectivity index (χ1) is 13.4. The molecule has 2 N–H and O–H groups in total. The van der Waals surface area contributed by atoms with E-state index < -0.39 is 29.8 Å². The molecule has 4 fully saturated rings. The van der Waals surface area contributed by atoms with E-state index in [2.05, 4.69) is 13.8 Å². The van der Waals surface area contributed by atoms with Crippen molar-refractivity contribution >= 4 is 5.97 Å². The van der Waals surface area contributed by atoms with Gasteiger partial charge in [0.25, 0.3) is 5.92 Å². The second-order valence-corrected chi connectivity index (χ2v) is 11.5. The van der Waals surface area contributed by atoms with E-state index in [1.165, 1.54) is 0 Å². The molecule has 0 aromatic heterocycles. The summed E-state index contributed by atoms with van der Waals surface area (Å²) in [7, 11) is 0. The molecule has 4 aliphatic carbocycles. The number of carbonyl (C=O) groups is 1. The van der Waals surface area contributed by atoms with E-state index >= 15 is 8.78 Å². The zero-order valence-corrected chi connectivity index (χ0v) is 18.3. The first-order valence-corrected chi connectivity index (χ1v) is 11.7. The molecule has 0 radical (unpaired) electrons. The lowest BCUT2D eigenvalue weighted by atomic mass is 9.43. The van der Waals surface area contributed by atoms with Crippen LogP contribution < -0.4 is 0 Å². The number of aliphatic carboxylic acids is 1. The van der Waals surface area contributed by atoms with E-state index in [1.54, 1.807) is 6.92 Å². The Balaban J connectivity index is 1.65. The summed E-state index contributed by atoms with van der Waals surface area (Å²) in [4.78, 5) is 11.6. The van der Waals surface area contributed by atoms with Crippen molar-refractivity contribution in [3.63, 3.8) is 0 Å². The molecule has 10 atom stereocenters. The molecule has 0 aromatic rings. The van der Waals surface area contributed by atoms with Crippen LogP contribution in [0.4, 0.5) is 8.78 Å². The Morgan fingerprint density at radius 3 is 2.28 bits per heavy atom. The number of hydrogen-bond donors (Lipinski definition) is 2. The highest BCUT2D eigenvalue weighted by molar-refractivity contribution is 5.69. The van der Waals surface area contributed by atoms with E-state index in [-0.39, 0.29) is 46.8 Å². The predicted molar refractivity (Wildman–Crippen MR) is 108 cm³/mol. The highest BCUT2D eigenvalue weighted by Gasteiger charge is 2.68. The number of carboxylic acids is 1. The summed E-state index contributed by atoms with van der Waals surface area (Å²) >= 11 is 0. The zero-order valence-electron chi connectivity index (χ0n) is 18.3. The third-order valence-electron chi connectivity index (χ3n) is 10.5. The van der Waals surface area contributed by atoms with Gasteiger partial charge < -0.3 is 10.2 Å². The fraction of sp³-hybridized carbons (Fsp3) is 0.958. The van der Waals surface area contributed by atoms with Crippen LogP contribution >= 0.6 is 0 Å².